The number of aromatic nitrogens is 2. The van der Waals surface area contributed by atoms with Crippen LogP contribution in [0.5, 0.6) is 0 Å². The van der Waals surface area contributed by atoms with Crippen molar-refractivity contribution >= 4 is 5.91 Å². The number of nitrogens with one attached hydrogen (secondary N) is 3. The molecule has 0 radical (unpaired) electrons. The van der Waals surface area contributed by atoms with Crippen LogP contribution < -0.4 is 16.2 Å². The first-order chi connectivity index (χ1) is 9.69. The van der Waals surface area contributed by atoms with Gasteiger partial charge in [-0.25, -0.2) is 5.43 Å². The third-order valence-corrected chi connectivity index (χ3v) is 3.46. The molecule has 1 aromatic rings. The van der Waals surface area contributed by atoms with Crippen molar-refractivity contribution in [1.29, 1.82) is 0 Å². The molecule has 0 aromatic carbocycles. The van der Waals surface area contributed by atoms with Gasteiger partial charge in [0.25, 0.3) is 0 Å². The Morgan fingerprint density at radius 1 is 1.50 bits per heavy atom. The van der Waals surface area contributed by atoms with E-state index in [0.717, 1.165) is 25.0 Å². The van der Waals surface area contributed by atoms with Crippen molar-refractivity contribution in [1.82, 2.24) is 26.1 Å². The predicted octanol–water partition coefficient (Wildman–Crippen LogP) is 0.559. The number of carbonyl (C=O) groups excluding carboxylic acids is 1. The quantitative estimate of drug-likeness (QED) is 0.708. The van der Waals surface area contributed by atoms with E-state index in [9.17, 15) is 4.79 Å². The molecule has 0 saturated carbocycles. The standard InChI is InChI=1S/C14H23N5O/c1-3-4-11-8-13(19-18-11)14(20)17-10(2)7-12-9-15-5-6-16-12/h5-6,9-11,13,18-19H,3-4,7-8H2,1-2H3,(H,17,20). The zero-order valence-corrected chi connectivity index (χ0v) is 12.1. The Morgan fingerprint density at radius 2 is 2.35 bits per heavy atom. The molecule has 1 amide bonds. The normalized spacial score (nSPS) is 23.5. The molecule has 0 bridgehead atoms. The number of hydrogen-bond acceptors (Lipinski definition) is 5. The van der Waals surface area contributed by atoms with Crippen molar-refractivity contribution < 1.29 is 4.79 Å². The van der Waals surface area contributed by atoms with Crippen LogP contribution in [0.1, 0.15) is 38.8 Å². The van der Waals surface area contributed by atoms with Crippen LogP contribution in [0.2, 0.25) is 0 Å². The minimum atomic E-state index is -0.143. The molecule has 1 saturated heterocycles. The van der Waals surface area contributed by atoms with E-state index in [-0.39, 0.29) is 18.0 Å². The Kier molecular flexibility index (Phi) is 5.43. The Morgan fingerprint density at radius 3 is 3.05 bits per heavy atom. The lowest BCUT2D eigenvalue weighted by Gasteiger charge is -2.16. The van der Waals surface area contributed by atoms with Gasteiger partial charge in [0.1, 0.15) is 6.04 Å². The third kappa shape index (κ3) is 4.25. The first kappa shape index (κ1) is 14.9. The molecule has 0 spiro atoms. The van der Waals surface area contributed by atoms with Gasteiger partial charge < -0.3 is 5.32 Å². The topological polar surface area (TPSA) is 78.9 Å². The maximum atomic E-state index is 12.1. The number of amides is 1. The molecule has 2 rings (SSSR count). The van der Waals surface area contributed by atoms with E-state index >= 15 is 0 Å². The maximum Gasteiger partial charge on any atom is 0.238 e. The van der Waals surface area contributed by atoms with Crippen LogP contribution in [0.25, 0.3) is 0 Å². The fourth-order valence-electron chi connectivity index (χ4n) is 2.48. The van der Waals surface area contributed by atoms with Crippen molar-refractivity contribution in [2.75, 3.05) is 0 Å². The van der Waals surface area contributed by atoms with Crippen molar-refractivity contribution in [2.45, 2.75) is 57.7 Å². The zero-order valence-electron chi connectivity index (χ0n) is 12.1. The van der Waals surface area contributed by atoms with E-state index in [4.69, 9.17) is 0 Å². The molecule has 3 atom stereocenters. The van der Waals surface area contributed by atoms with Crippen LogP contribution in [0.15, 0.2) is 18.6 Å². The maximum absolute atomic E-state index is 12.1. The average Bonchev–Trinajstić information content (AvgIpc) is 2.89. The van der Waals surface area contributed by atoms with Crippen molar-refractivity contribution in [3.05, 3.63) is 24.3 Å². The molecule has 1 aliphatic heterocycles. The average molecular weight is 277 g/mol. The van der Waals surface area contributed by atoms with Crippen LogP contribution >= 0.6 is 0 Å². The molecular formula is C14H23N5O. The van der Waals surface area contributed by atoms with Gasteiger partial charge in [0, 0.05) is 37.1 Å². The minimum Gasteiger partial charge on any atom is -0.352 e. The van der Waals surface area contributed by atoms with Crippen LogP contribution in [0.4, 0.5) is 0 Å². The second-order valence-corrected chi connectivity index (χ2v) is 5.37. The monoisotopic (exact) mass is 277 g/mol. The third-order valence-electron chi connectivity index (χ3n) is 3.46. The van der Waals surface area contributed by atoms with Crippen molar-refractivity contribution in [2.24, 2.45) is 0 Å². The van der Waals surface area contributed by atoms with Crippen LogP contribution in [0.3, 0.4) is 0 Å². The van der Waals surface area contributed by atoms with Gasteiger partial charge in [-0.05, 0) is 19.8 Å². The molecule has 110 valence electrons. The highest BCUT2D eigenvalue weighted by Gasteiger charge is 2.29. The summed E-state index contributed by atoms with van der Waals surface area (Å²) < 4.78 is 0. The minimum absolute atomic E-state index is 0.0474. The molecule has 0 aliphatic carbocycles. The molecule has 3 N–H and O–H groups in total. The summed E-state index contributed by atoms with van der Waals surface area (Å²) in [7, 11) is 0. The highest BCUT2D eigenvalue weighted by molar-refractivity contribution is 5.82. The summed E-state index contributed by atoms with van der Waals surface area (Å²) in [6, 6.07) is 0.299. The van der Waals surface area contributed by atoms with Gasteiger partial charge >= 0.3 is 0 Å². The number of hydrazine groups is 1. The Hall–Kier alpha value is -1.53. The van der Waals surface area contributed by atoms with E-state index in [1.54, 1.807) is 18.6 Å². The first-order valence-electron chi connectivity index (χ1n) is 7.25. The highest BCUT2D eigenvalue weighted by atomic mass is 16.2. The van der Waals surface area contributed by atoms with E-state index < -0.39 is 0 Å². The first-order valence-corrected chi connectivity index (χ1v) is 7.25. The predicted molar refractivity (Wildman–Crippen MR) is 76.7 cm³/mol. The molecular weight excluding hydrogens is 254 g/mol. The van der Waals surface area contributed by atoms with Crippen molar-refractivity contribution in [3.8, 4) is 0 Å². The summed E-state index contributed by atoms with van der Waals surface area (Å²) in [6.45, 7) is 4.14. The second-order valence-electron chi connectivity index (χ2n) is 5.37. The Labute approximate surface area is 119 Å². The molecule has 6 nitrogen and oxygen atoms in total. The van der Waals surface area contributed by atoms with E-state index in [1.165, 1.54) is 0 Å². The largest absolute Gasteiger partial charge is 0.352 e. The molecule has 20 heavy (non-hydrogen) atoms. The number of rotatable bonds is 6. The molecule has 2 heterocycles. The van der Waals surface area contributed by atoms with Gasteiger partial charge in [0.05, 0.1) is 5.69 Å². The van der Waals surface area contributed by atoms with E-state index in [2.05, 4.69) is 33.1 Å². The Bertz CT molecular complexity index is 425. The Balaban J connectivity index is 1.77. The number of nitrogens with zero attached hydrogens (tertiary/aromatic N) is 2. The summed E-state index contributed by atoms with van der Waals surface area (Å²) >= 11 is 0. The van der Waals surface area contributed by atoms with E-state index in [0.29, 0.717) is 12.5 Å². The van der Waals surface area contributed by atoms with Gasteiger partial charge in [-0.15, -0.1) is 0 Å². The van der Waals surface area contributed by atoms with Crippen LogP contribution in [-0.2, 0) is 11.2 Å². The van der Waals surface area contributed by atoms with Crippen LogP contribution in [0, 0.1) is 0 Å². The highest BCUT2D eigenvalue weighted by Crippen LogP contribution is 2.10. The summed E-state index contributed by atoms with van der Waals surface area (Å²) in [6.07, 6.45) is 8.80. The number of carbonyl (C=O) groups is 1. The number of hydrogen-bond donors (Lipinski definition) is 3. The molecule has 3 unspecified atom stereocenters. The summed E-state index contributed by atoms with van der Waals surface area (Å²) in [4.78, 5) is 20.4. The smallest absolute Gasteiger partial charge is 0.238 e. The lowest BCUT2D eigenvalue weighted by Crippen LogP contribution is -2.46. The fourth-order valence-corrected chi connectivity index (χ4v) is 2.48. The lowest BCUT2D eigenvalue weighted by molar-refractivity contribution is -0.123. The summed E-state index contributed by atoms with van der Waals surface area (Å²) in [5.41, 5.74) is 7.14. The van der Waals surface area contributed by atoms with Gasteiger partial charge in [0.2, 0.25) is 5.91 Å². The second kappa shape index (κ2) is 7.31. The molecule has 1 aromatic heterocycles. The van der Waals surface area contributed by atoms with Crippen LogP contribution in [-0.4, -0.2) is 34.0 Å². The zero-order chi connectivity index (χ0) is 14.4. The van der Waals surface area contributed by atoms with Gasteiger partial charge in [0.15, 0.2) is 0 Å². The SMILES string of the molecule is CCCC1CC(C(=O)NC(C)Cc2cnccn2)NN1. The summed E-state index contributed by atoms with van der Waals surface area (Å²) in [5, 5.41) is 3.02. The van der Waals surface area contributed by atoms with Crippen molar-refractivity contribution in [3.63, 3.8) is 0 Å². The van der Waals surface area contributed by atoms with E-state index in [1.807, 2.05) is 6.92 Å². The lowest BCUT2D eigenvalue weighted by atomic mass is 10.1. The summed E-state index contributed by atoms with van der Waals surface area (Å²) in [5.74, 6) is 0.0486. The van der Waals surface area contributed by atoms with Gasteiger partial charge in [-0.3, -0.25) is 20.2 Å². The molecule has 1 aliphatic rings. The molecule has 6 heteroatoms. The van der Waals surface area contributed by atoms with Gasteiger partial charge in [-0.2, -0.15) is 0 Å². The fraction of sp³-hybridized carbons (Fsp3) is 0.643. The molecule has 1 fully saturated rings. The van der Waals surface area contributed by atoms with Gasteiger partial charge in [-0.1, -0.05) is 13.3 Å².